The molecule has 1 aliphatic carbocycles. The fourth-order valence-electron chi connectivity index (χ4n) is 2.59. The summed E-state index contributed by atoms with van der Waals surface area (Å²) in [6.07, 6.45) is 16.4. The first-order chi connectivity index (χ1) is 7.43. The third-order valence-electron chi connectivity index (χ3n) is 3.55. The average Bonchev–Trinajstić information content (AvgIpc) is 2.29. The van der Waals surface area contributed by atoms with Gasteiger partial charge in [0.2, 0.25) is 0 Å². The predicted molar refractivity (Wildman–Crippen MR) is 67.9 cm³/mol. The molecule has 15 heavy (non-hydrogen) atoms. The Morgan fingerprint density at radius 2 is 1.73 bits per heavy atom. The fraction of sp³-hybridized carbons (Fsp3) is 0.857. The van der Waals surface area contributed by atoms with Gasteiger partial charge in [-0.05, 0) is 18.5 Å². The molecule has 1 saturated carbocycles. The van der Waals surface area contributed by atoms with Crippen molar-refractivity contribution in [1.82, 2.24) is 5.32 Å². The van der Waals surface area contributed by atoms with Gasteiger partial charge in [0.25, 0.3) is 0 Å². The van der Waals surface area contributed by atoms with Crippen LogP contribution in [-0.4, -0.2) is 6.54 Å². The average molecular weight is 209 g/mol. The Balaban J connectivity index is 1.81. The minimum atomic E-state index is 1.07. The Bertz CT molecular complexity index is 147. The molecule has 1 fully saturated rings. The summed E-state index contributed by atoms with van der Waals surface area (Å²) in [5.41, 5.74) is 0. The van der Waals surface area contributed by atoms with Crippen LogP contribution in [-0.2, 0) is 0 Å². The molecule has 1 N–H and O–H groups in total. The highest BCUT2D eigenvalue weighted by Gasteiger charge is 2.12. The minimum absolute atomic E-state index is 1.07. The molecule has 0 aliphatic heterocycles. The van der Waals surface area contributed by atoms with E-state index in [2.05, 4.69) is 11.9 Å². The third kappa shape index (κ3) is 6.59. The molecule has 0 saturated heterocycles. The number of unbranched alkanes of at least 4 members (excludes halogenated alkanes) is 3. The maximum absolute atomic E-state index is 3.64. The lowest BCUT2D eigenvalue weighted by Crippen LogP contribution is -2.07. The van der Waals surface area contributed by atoms with Crippen LogP contribution in [0.3, 0.4) is 0 Å². The van der Waals surface area contributed by atoms with Crippen molar-refractivity contribution >= 4 is 0 Å². The van der Waals surface area contributed by atoms with Gasteiger partial charge < -0.3 is 5.32 Å². The number of nitrogens with one attached hydrogen (secondary N) is 1. The van der Waals surface area contributed by atoms with Gasteiger partial charge in [-0.1, -0.05) is 64.4 Å². The Hall–Kier alpha value is -0.460. The summed E-state index contributed by atoms with van der Waals surface area (Å²) in [6.45, 7) is 4.75. The van der Waals surface area contributed by atoms with Crippen molar-refractivity contribution in [3.8, 4) is 0 Å². The van der Waals surface area contributed by atoms with Gasteiger partial charge in [-0.15, -0.1) is 0 Å². The molecule has 1 heteroatoms. The topological polar surface area (TPSA) is 12.0 Å². The van der Waals surface area contributed by atoms with Crippen molar-refractivity contribution < 1.29 is 0 Å². The smallest absolute Gasteiger partial charge is 0.0141 e. The maximum Gasteiger partial charge on any atom is 0.0141 e. The summed E-state index contributed by atoms with van der Waals surface area (Å²) in [7, 11) is 0. The summed E-state index contributed by atoms with van der Waals surface area (Å²) >= 11 is 0. The molecule has 1 rings (SSSR count). The van der Waals surface area contributed by atoms with Gasteiger partial charge >= 0.3 is 0 Å². The number of hydrogen-bond donors (Lipinski definition) is 1. The SMILES string of the molecule is C=CNCCCCCCC1CCCCC1. The van der Waals surface area contributed by atoms with Crippen LogP contribution in [0.4, 0.5) is 0 Å². The van der Waals surface area contributed by atoms with E-state index in [1.54, 1.807) is 6.20 Å². The predicted octanol–water partition coefficient (Wildman–Crippen LogP) is 4.25. The Kier molecular flexibility index (Phi) is 7.41. The van der Waals surface area contributed by atoms with Crippen molar-refractivity contribution in [3.05, 3.63) is 12.8 Å². The second-order valence-corrected chi connectivity index (χ2v) is 4.87. The molecule has 0 heterocycles. The van der Waals surface area contributed by atoms with E-state index >= 15 is 0 Å². The molecule has 1 aliphatic rings. The van der Waals surface area contributed by atoms with Crippen LogP contribution in [0.5, 0.6) is 0 Å². The first-order valence-corrected chi connectivity index (χ1v) is 6.78. The Morgan fingerprint density at radius 3 is 2.47 bits per heavy atom. The number of hydrogen-bond acceptors (Lipinski definition) is 1. The lowest BCUT2D eigenvalue weighted by molar-refractivity contribution is 0.328. The molecule has 0 bridgehead atoms. The maximum atomic E-state index is 3.64. The summed E-state index contributed by atoms with van der Waals surface area (Å²) in [4.78, 5) is 0. The van der Waals surface area contributed by atoms with Crippen LogP contribution in [0.1, 0.15) is 64.2 Å². The van der Waals surface area contributed by atoms with Crippen molar-refractivity contribution in [2.24, 2.45) is 5.92 Å². The first kappa shape index (κ1) is 12.6. The molecular formula is C14H27N. The van der Waals surface area contributed by atoms with Crippen LogP contribution in [0.2, 0.25) is 0 Å². The lowest BCUT2D eigenvalue weighted by Gasteiger charge is -2.21. The molecule has 0 aromatic heterocycles. The molecule has 0 amide bonds. The highest BCUT2D eigenvalue weighted by Crippen LogP contribution is 2.27. The van der Waals surface area contributed by atoms with E-state index in [-0.39, 0.29) is 0 Å². The largest absolute Gasteiger partial charge is 0.391 e. The summed E-state index contributed by atoms with van der Waals surface area (Å²) in [5.74, 6) is 1.07. The fourth-order valence-corrected chi connectivity index (χ4v) is 2.59. The van der Waals surface area contributed by atoms with Crippen molar-refractivity contribution in [2.45, 2.75) is 64.2 Å². The van der Waals surface area contributed by atoms with Crippen LogP contribution in [0, 0.1) is 5.92 Å². The standard InChI is InChI=1S/C14H27N/c1-2-15-13-9-4-3-6-10-14-11-7-5-8-12-14/h2,14-15H,1,3-13H2. The zero-order valence-electron chi connectivity index (χ0n) is 10.1. The molecule has 88 valence electrons. The van der Waals surface area contributed by atoms with Gasteiger partial charge in [0.05, 0.1) is 0 Å². The van der Waals surface area contributed by atoms with Crippen LogP contribution in [0.15, 0.2) is 12.8 Å². The molecule has 0 aromatic carbocycles. The number of rotatable bonds is 8. The molecule has 0 spiro atoms. The highest BCUT2D eigenvalue weighted by atomic mass is 14.8. The van der Waals surface area contributed by atoms with E-state index in [9.17, 15) is 0 Å². The third-order valence-corrected chi connectivity index (χ3v) is 3.55. The van der Waals surface area contributed by atoms with Crippen molar-refractivity contribution in [1.29, 1.82) is 0 Å². The normalized spacial score (nSPS) is 17.6. The Morgan fingerprint density at radius 1 is 1.00 bits per heavy atom. The van der Waals surface area contributed by atoms with Gasteiger partial charge in [0.15, 0.2) is 0 Å². The first-order valence-electron chi connectivity index (χ1n) is 6.78. The minimum Gasteiger partial charge on any atom is -0.391 e. The van der Waals surface area contributed by atoms with E-state index in [0.29, 0.717) is 0 Å². The van der Waals surface area contributed by atoms with E-state index < -0.39 is 0 Å². The van der Waals surface area contributed by atoms with E-state index in [1.165, 1.54) is 64.2 Å². The van der Waals surface area contributed by atoms with Gasteiger partial charge in [-0.3, -0.25) is 0 Å². The highest BCUT2D eigenvalue weighted by molar-refractivity contribution is 4.66. The van der Waals surface area contributed by atoms with Crippen molar-refractivity contribution in [2.75, 3.05) is 6.54 Å². The molecular weight excluding hydrogens is 182 g/mol. The van der Waals surface area contributed by atoms with Crippen LogP contribution in [0.25, 0.3) is 0 Å². The van der Waals surface area contributed by atoms with E-state index in [4.69, 9.17) is 0 Å². The summed E-state index contributed by atoms with van der Waals surface area (Å²) < 4.78 is 0. The quantitative estimate of drug-likeness (QED) is 0.589. The summed E-state index contributed by atoms with van der Waals surface area (Å²) in [5, 5.41) is 3.15. The molecule has 1 nitrogen and oxygen atoms in total. The second-order valence-electron chi connectivity index (χ2n) is 4.87. The molecule has 0 unspecified atom stereocenters. The van der Waals surface area contributed by atoms with Crippen molar-refractivity contribution in [3.63, 3.8) is 0 Å². The van der Waals surface area contributed by atoms with Gasteiger partial charge in [0, 0.05) is 6.54 Å². The van der Waals surface area contributed by atoms with Crippen LogP contribution < -0.4 is 5.32 Å². The zero-order valence-corrected chi connectivity index (χ0v) is 10.1. The monoisotopic (exact) mass is 209 g/mol. The molecule has 0 atom stereocenters. The molecule has 0 aromatic rings. The lowest BCUT2D eigenvalue weighted by atomic mass is 9.85. The Labute approximate surface area is 95.3 Å². The van der Waals surface area contributed by atoms with Crippen LogP contribution >= 0.6 is 0 Å². The van der Waals surface area contributed by atoms with E-state index in [1.807, 2.05) is 0 Å². The molecule has 0 radical (unpaired) electrons. The van der Waals surface area contributed by atoms with Gasteiger partial charge in [0.1, 0.15) is 0 Å². The van der Waals surface area contributed by atoms with Gasteiger partial charge in [-0.25, -0.2) is 0 Å². The summed E-state index contributed by atoms with van der Waals surface area (Å²) in [6, 6.07) is 0. The second kappa shape index (κ2) is 8.82. The van der Waals surface area contributed by atoms with Gasteiger partial charge in [-0.2, -0.15) is 0 Å². The van der Waals surface area contributed by atoms with E-state index in [0.717, 1.165) is 12.5 Å². The zero-order chi connectivity index (χ0) is 10.8.